The summed E-state index contributed by atoms with van der Waals surface area (Å²) < 4.78 is 4.12. The molecule has 0 aromatic carbocycles. The molecule has 0 saturated heterocycles. The Hall–Kier alpha value is 1.89. The third-order valence-electron chi connectivity index (χ3n) is 4.20. The van der Waals surface area contributed by atoms with Gasteiger partial charge in [-0.1, -0.05) is 179 Å². The van der Waals surface area contributed by atoms with E-state index in [1.165, 1.54) is 0 Å². The highest BCUT2D eigenvalue weighted by atomic mass is 35.6. The molecule has 210 valence electrons. The van der Waals surface area contributed by atoms with Gasteiger partial charge in [0.05, 0.1) is 0 Å². The number of hydrogen-bond donors (Lipinski definition) is 0. The van der Waals surface area contributed by atoms with E-state index < -0.39 is 44.6 Å². The minimum atomic E-state index is -2.27. The molecule has 18 heteroatoms. The Balaban J connectivity index is 3.53. The van der Waals surface area contributed by atoms with Crippen LogP contribution in [0.5, 0.6) is 18.0 Å². The standard InChI is InChI=1S/C18H21Cl12N3O3/c1-4-7-13(19,20)16(25,26)34-10-31-11(35-17(27,28)14(21,22)8-5-2)33-12(32-10)36-18(29,30)15(23,24)9-6-3/h4-9H2,1-3H3. The van der Waals surface area contributed by atoms with E-state index in [0.717, 1.165) is 0 Å². The van der Waals surface area contributed by atoms with Gasteiger partial charge in [0, 0.05) is 0 Å². The number of aromatic nitrogens is 3. The fourth-order valence-corrected chi connectivity index (χ4v) is 4.75. The van der Waals surface area contributed by atoms with Gasteiger partial charge < -0.3 is 14.2 Å². The Bertz CT molecular complexity index is 749. The zero-order chi connectivity index (χ0) is 28.2. The Labute approximate surface area is 270 Å². The maximum absolute atomic E-state index is 6.25. The van der Waals surface area contributed by atoms with E-state index in [2.05, 4.69) is 15.0 Å². The second kappa shape index (κ2) is 13.7. The lowest BCUT2D eigenvalue weighted by Crippen LogP contribution is -2.43. The second-order valence-electron chi connectivity index (χ2n) is 7.40. The fraction of sp³-hybridized carbons (Fsp3) is 0.833. The van der Waals surface area contributed by atoms with Crippen molar-refractivity contribution >= 4 is 139 Å². The molecule has 0 bridgehead atoms. The third kappa shape index (κ3) is 9.48. The molecule has 0 aliphatic heterocycles. The van der Waals surface area contributed by atoms with Gasteiger partial charge in [0.1, 0.15) is 0 Å². The molecular formula is C18H21Cl12N3O3. The average Bonchev–Trinajstić information content (AvgIpc) is 2.66. The summed E-state index contributed by atoms with van der Waals surface area (Å²) in [6, 6.07) is -1.82. The molecule has 0 spiro atoms. The van der Waals surface area contributed by atoms with Crippen LogP contribution in [0.1, 0.15) is 59.3 Å². The zero-order valence-corrected chi connectivity index (χ0v) is 27.9. The van der Waals surface area contributed by atoms with E-state index in [4.69, 9.17) is 153 Å². The number of alkyl halides is 12. The van der Waals surface area contributed by atoms with Gasteiger partial charge in [-0.25, -0.2) is 0 Å². The molecule has 1 heterocycles. The van der Waals surface area contributed by atoms with Gasteiger partial charge in [-0.15, -0.1) is 15.0 Å². The van der Waals surface area contributed by atoms with Crippen molar-refractivity contribution in [2.24, 2.45) is 0 Å². The Morgan fingerprint density at radius 2 is 0.639 bits per heavy atom. The molecule has 36 heavy (non-hydrogen) atoms. The first-order chi connectivity index (χ1) is 16.2. The molecule has 0 radical (unpaired) electrons. The predicted octanol–water partition coefficient (Wildman–Crippen LogP) is 10.3. The highest BCUT2D eigenvalue weighted by Crippen LogP contribution is 2.49. The maximum Gasteiger partial charge on any atom is 0.328 e. The van der Waals surface area contributed by atoms with Crippen LogP contribution < -0.4 is 14.2 Å². The van der Waals surface area contributed by atoms with E-state index >= 15 is 0 Å². The molecule has 0 fully saturated rings. The third-order valence-corrected chi connectivity index (χ3v) is 10.5. The normalized spacial score (nSPS) is 14.1. The zero-order valence-electron chi connectivity index (χ0n) is 18.8. The molecule has 1 aromatic heterocycles. The number of halogens is 12. The van der Waals surface area contributed by atoms with Crippen LogP contribution in [0.25, 0.3) is 0 Å². The molecule has 0 aliphatic carbocycles. The summed E-state index contributed by atoms with van der Waals surface area (Å²) in [6.07, 6.45) is 1.93. The Morgan fingerprint density at radius 1 is 0.444 bits per heavy atom. The molecule has 1 aromatic rings. The molecular weight excluding hydrogens is 732 g/mol. The van der Waals surface area contributed by atoms with Gasteiger partial charge >= 0.3 is 18.0 Å². The molecule has 0 aliphatic rings. The lowest BCUT2D eigenvalue weighted by molar-refractivity contribution is 0.154. The molecule has 0 saturated carbocycles. The Morgan fingerprint density at radius 3 is 0.806 bits per heavy atom. The van der Waals surface area contributed by atoms with Crippen LogP contribution in [-0.4, -0.2) is 41.5 Å². The fourth-order valence-electron chi connectivity index (χ4n) is 2.40. The van der Waals surface area contributed by atoms with Crippen LogP contribution >= 0.6 is 139 Å². The summed E-state index contributed by atoms with van der Waals surface area (Å²) >= 11 is 75.0. The highest BCUT2D eigenvalue weighted by Gasteiger charge is 2.53. The lowest BCUT2D eigenvalue weighted by atomic mass is 10.2. The topological polar surface area (TPSA) is 66.4 Å². The summed E-state index contributed by atoms with van der Waals surface area (Å²) in [7, 11) is 0. The van der Waals surface area contributed by atoms with E-state index in [1.54, 1.807) is 20.8 Å². The van der Waals surface area contributed by atoms with E-state index in [-0.39, 0.29) is 19.3 Å². The largest absolute Gasteiger partial charge is 0.423 e. The summed E-state index contributed by atoms with van der Waals surface area (Å²) in [6.45, 7) is 5.40. The van der Waals surface area contributed by atoms with Crippen molar-refractivity contribution in [1.82, 2.24) is 15.0 Å². The molecule has 0 N–H and O–H groups in total. The van der Waals surface area contributed by atoms with Crippen molar-refractivity contribution in [2.45, 2.75) is 85.9 Å². The van der Waals surface area contributed by atoms with E-state index in [1.807, 2.05) is 0 Å². The van der Waals surface area contributed by atoms with Crippen LogP contribution in [-0.2, 0) is 0 Å². The van der Waals surface area contributed by atoms with Gasteiger partial charge in [-0.2, -0.15) is 0 Å². The molecule has 6 nitrogen and oxygen atoms in total. The van der Waals surface area contributed by atoms with Crippen LogP contribution in [0, 0.1) is 0 Å². The molecule has 0 atom stereocenters. The van der Waals surface area contributed by atoms with Gasteiger partial charge in [-0.05, 0) is 19.3 Å². The first-order valence-corrected chi connectivity index (χ1v) is 14.8. The molecule has 0 unspecified atom stereocenters. The van der Waals surface area contributed by atoms with Gasteiger partial charge in [0.25, 0.3) is 13.6 Å². The van der Waals surface area contributed by atoms with E-state index in [9.17, 15) is 0 Å². The van der Waals surface area contributed by atoms with E-state index in [0.29, 0.717) is 19.3 Å². The summed E-state index contributed by atoms with van der Waals surface area (Å²) in [4.78, 5) is 11.7. The molecule has 1 rings (SSSR count). The van der Waals surface area contributed by atoms with Crippen LogP contribution in [0.15, 0.2) is 0 Å². The van der Waals surface area contributed by atoms with Crippen molar-refractivity contribution in [3.05, 3.63) is 0 Å². The van der Waals surface area contributed by atoms with Crippen molar-refractivity contribution in [3.63, 3.8) is 0 Å². The summed E-state index contributed by atoms with van der Waals surface area (Å²) in [5, 5.41) is 0. The average molecular weight is 753 g/mol. The SMILES string of the molecule is CCCC(Cl)(Cl)C(Cl)(Cl)Oc1nc(OC(Cl)(Cl)C(Cl)(Cl)CCC)nc(OC(Cl)(Cl)C(Cl)(Cl)CCC)n1. The van der Waals surface area contributed by atoms with Gasteiger partial charge in [0.2, 0.25) is 0 Å². The first-order valence-electron chi connectivity index (χ1n) is 10.3. The maximum atomic E-state index is 6.25. The van der Waals surface area contributed by atoms with Crippen LogP contribution in [0.4, 0.5) is 0 Å². The smallest absolute Gasteiger partial charge is 0.328 e. The van der Waals surface area contributed by atoms with Crippen LogP contribution in [0.3, 0.4) is 0 Å². The minimum absolute atomic E-state index is 0.135. The van der Waals surface area contributed by atoms with Crippen molar-refractivity contribution < 1.29 is 14.2 Å². The summed E-state index contributed by atoms with van der Waals surface area (Å²) in [5.74, 6) is 0. The summed E-state index contributed by atoms with van der Waals surface area (Å²) in [5.41, 5.74) is 0. The lowest BCUT2D eigenvalue weighted by Gasteiger charge is -2.33. The van der Waals surface area contributed by atoms with Crippen molar-refractivity contribution in [1.29, 1.82) is 0 Å². The quantitative estimate of drug-likeness (QED) is 0.166. The van der Waals surface area contributed by atoms with Crippen molar-refractivity contribution in [3.8, 4) is 18.0 Å². The minimum Gasteiger partial charge on any atom is -0.423 e. The first kappa shape index (κ1) is 35.9. The molecule has 0 amide bonds. The number of nitrogens with zero attached hydrogens (tertiary/aromatic N) is 3. The highest BCUT2D eigenvalue weighted by molar-refractivity contribution is 6.63. The second-order valence-corrected chi connectivity index (χ2v) is 15.6. The van der Waals surface area contributed by atoms with Crippen LogP contribution in [0.2, 0.25) is 0 Å². The van der Waals surface area contributed by atoms with Gasteiger partial charge in [0.15, 0.2) is 13.0 Å². The monoisotopic (exact) mass is 747 g/mol. The van der Waals surface area contributed by atoms with Crippen molar-refractivity contribution in [2.75, 3.05) is 0 Å². The number of hydrogen-bond acceptors (Lipinski definition) is 6. The number of ether oxygens (including phenoxy) is 3. The van der Waals surface area contributed by atoms with Gasteiger partial charge in [-0.3, -0.25) is 0 Å². The predicted molar refractivity (Wildman–Crippen MR) is 153 cm³/mol. The number of rotatable bonds is 15. The Kier molecular flexibility index (Phi) is 13.7.